The Morgan fingerprint density at radius 2 is 1.80 bits per heavy atom. The Morgan fingerprint density at radius 1 is 1.13 bits per heavy atom. The van der Waals surface area contributed by atoms with Crippen molar-refractivity contribution in [1.29, 1.82) is 0 Å². The first-order valence-corrected chi connectivity index (χ1v) is 6.62. The quantitative estimate of drug-likeness (QED) is 0.577. The third-order valence-corrected chi connectivity index (χ3v) is 3.25. The minimum Gasteiger partial charge on any atom is -0.324 e. The van der Waals surface area contributed by atoms with Gasteiger partial charge in [-0.1, -0.05) is 39.5 Å². The van der Waals surface area contributed by atoms with E-state index in [0.29, 0.717) is 0 Å². The van der Waals surface area contributed by atoms with Crippen molar-refractivity contribution in [2.45, 2.75) is 64.3 Å². The molecule has 0 spiro atoms. The van der Waals surface area contributed by atoms with Crippen LogP contribution in [0.25, 0.3) is 0 Å². The lowest BCUT2D eigenvalue weighted by Crippen LogP contribution is -2.36. The lowest BCUT2D eigenvalue weighted by molar-refractivity contribution is 0.503. The Labute approximate surface area is 95.0 Å². The summed E-state index contributed by atoms with van der Waals surface area (Å²) >= 11 is 0. The van der Waals surface area contributed by atoms with Gasteiger partial charge in [0.05, 0.1) is 0 Å². The lowest BCUT2D eigenvalue weighted by atomic mass is 10.0. The lowest BCUT2D eigenvalue weighted by Gasteiger charge is -2.10. The minimum atomic E-state index is 0.178. The van der Waals surface area contributed by atoms with Crippen LogP contribution < -0.4 is 11.1 Å². The summed E-state index contributed by atoms with van der Waals surface area (Å²) in [6, 6.07) is 0. The molecule has 0 aliphatic heterocycles. The van der Waals surface area contributed by atoms with Gasteiger partial charge in [-0.25, -0.2) is 0 Å². The summed E-state index contributed by atoms with van der Waals surface area (Å²) in [6.07, 6.45) is 9.31. The molecule has 0 amide bonds. The smallest absolute Gasteiger partial charge is 0.0282 e. The van der Waals surface area contributed by atoms with Gasteiger partial charge in [-0.15, -0.1) is 0 Å². The number of hydrogen-bond donors (Lipinski definition) is 2. The molecule has 90 valence electrons. The van der Waals surface area contributed by atoms with Crippen molar-refractivity contribution in [2.75, 3.05) is 13.1 Å². The number of hydrogen-bond acceptors (Lipinski definition) is 2. The predicted octanol–water partition coefficient (Wildman–Crippen LogP) is 2.67. The monoisotopic (exact) mass is 212 g/mol. The van der Waals surface area contributed by atoms with Crippen molar-refractivity contribution in [3.63, 3.8) is 0 Å². The fourth-order valence-electron chi connectivity index (χ4n) is 1.83. The number of rotatable bonds is 9. The van der Waals surface area contributed by atoms with Gasteiger partial charge >= 0.3 is 0 Å². The fourth-order valence-corrected chi connectivity index (χ4v) is 1.83. The maximum absolute atomic E-state index is 5.98. The zero-order valence-corrected chi connectivity index (χ0v) is 10.5. The van der Waals surface area contributed by atoms with Crippen LogP contribution in [0.15, 0.2) is 0 Å². The first-order chi connectivity index (χ1) is 7.12. The highest BCUT2D eigenvalue weighted by Gasteiger charge is 2.37. The minimum absolute atomic E-state index is 0.178. The van der Waals surface area contributed by atoms with E-state index in [4.69, 9.17) is 5.73 Å². The summed E-state index contributed by atoms with van der Waals surface area (Å²) in [5, 5.41) is 3.46. The molecule has 0 unspecified atom stereocenters. The molecular formula is C13H28N2. The van der Waals surface area contributed by atoms with Crippen molar-refractivity contribution in [3.8, 4) is 0 Å². The van der Waals surface area contributed by atoms with E-state index in [1.165, 1.54) is 44.9 Å². The maximum atomic E-state index is 5.98. The molecule has 0 aromatic carbocycles. The van der Waals surface area contributed by atoms with Crippen LogP contribution >= 0.6 is 0 Å². The highest BCUT2D eigenvalue weighted by atomic mass is 15.0. The van der Waals surface area contributed by atoms with Crippen LogP contribution in [0.1, 0.15) is 58.8 Å². The Balaban J connectivity index is 1.73. The molecule has 0 radical (unpaired) electrons. The van der Waals surface area contributed by atoms with Crippen molar-refractivity contribution in [3.05, 3.63) is 0 Å². The molecule has 0 heterocycles. The zero-order chi connectivity index (χ0) is 11.1. The molecule has 0 aromatic heterocycles. The highest BCUT2D eigenvalue weighted by molar-refractivity contribution is 5.00. The van der Waals surface area contributed by atoms with Crippen LogP contribution in [0.5, 0.6) is 0 Å². The van der Waals surface area contributed by atoms with E-state index in [1.807, 2.05) is 0 Å². The van der Waals surface area contributed by atoms with E-state index in [2.05, 4.69) is 19.2 Å². The standard InChI is InChI=1S/C13H28N2/c1-12(2)7-5-3-4-6-10-15-11-13(14)8-9-13/h12,15H,3-11,14H2,1-2H3. The summed E-state index contributed by atoms with van der Waals surface area (Å²) in [6.45, 7) is 6.79. The molecular weight excluding hydrogens is 184 g/mol. The molecule has 1 fully saturated rings. The zero-order valence-electron chi connectivity index (χ0n) is 10.5. The second kappa shape index (κ2) is 6.49. The van der Waals surface area contributed by atoms with Gasteiger partial charge in [-0.05, 0) is 31.7 Å². The van der Waals surface area contributed by atoms with Gasteiger partial charge < -0.3 is 11.1 Å². The predicted molar refractivity (Wildman–Crippen MR) is 66.9 cm³/mol. The van der Waals surface area contributed by atoms with Gasteiger partial charge in [0.2, 0.25) is 0 Å². The second-order valence-electron chi connectivity index (χ2n) is 5.64. The van der Waals surface area contributed by atoms with E-state index in [0.717, 1.165) is 19.0 Å². The van der Waals surface area contributed by atoms with Crippen LogP contribution in [0.2, 0.25) is 0 Å². The number of nitrogens with two attached hydrogens (primary N) is 1. The van der Waals surface area contributed by atoms with Gasteiger partial charge in [0.15, 0.2) is 0 Å². The fraction of sp³-hybridized carbons (Fsp3) is 1.00. The summed E-state index contributed by atoms with van der Waals surface area (Å²) < 4.78 is 0. The molecule has 0 aromatic rings. The summed E-state index contributed by atoms with van der Waals surface area (Å²) in [5.41, 5.74) is 6.16. The molecule has 2 heteroatoms. The van der Waals surface area contributed by atoms with Gasteiger partial charge in [0.25, 0.3) is 0 Å². The van der Waals surface area contributed by atoms with Gasteiger partial charge in [0, 0.05) is 12.1 Å². The summed E-state index contributed by atoms with van der Waals surface area (Å²) in [5.74, 6) is 0.870. The number of unbranched alkanes of at least 4 members (excludes halogenated alkanes) is 3. The topological polar surface area (TPSA) is 38.0 Å². The van der Waals surface area contributed by atoms with Gasteiger partial charge in [-0.2, -0.15) is 0 Å². The third kappa shape index (κ3) is 6.91. The van der Waals surface area contributed by atoms with Crippen LogP contribution in [-0.4, -0.2) is 18.6 Å². The second-order valence-corrected chi connectivity index (χ2v) is 5.64. The van der Waals surface area contributed by atoms with Crippen LogP contribution in [0.3, 0.4) is 0 Å². The molecule has 1 saturated carbocycles. The molecule has 1 rings (SSSR count). The molecule has 2 nitrogen and oxygen atoms in total. The van der Waals surface area contributed by atoms with Crippen molar-refractivity contribution in [2.24, 2.45) is 11.7 Å². The van der Waals surface area contributed by atoms with E-state index >= 15 is 0 Å². The largest absolute Gasteiger partial charge is 0.324 e. The van der Waals surface area contributed by atoms with Crippen LogP contribution in [0.4, 0.5) is 0 Å². The Morgan fingerprint density at radius 3 is 2.40 bits per heavy atom. The average Bonchev–Trinajstić information content (AvgIpc) is 2.88. The SMILES string of the molecule is CC(C)CCCCCCNCC1(N)CC1. The summed E-state index contributed by atoms with van der Waals surface area (Å²) in [7, 11) is 0. The van der Waals surface area contributed by atoms with Gasteiger partial charge in [-0.3, -0.25) is 0 Å². The molecule has 1 aliphatic carbocycles. The molecule has 1 aliphatic rings. The molecule has 3 N–H and O–H groups in total. The Kier molecular flexibility index (Phi) is 5.62. The first kappa shape index (κ1) is 13.0. The van der Waals surface area contributed by atoms with Gasteiger partial charge in [0.1, 0.15) is 0 Å². The maximum Gasteiger partial charge on any atom is 0.0282 e. The molecule has 0 atom stereocenters. The number of nitrogens with one attached hydrogen (secondary N) is 1. The highest BCUT2D eigenvalue weighted by Crippen LogP contribution is 2.30. The summed E-state index contributed by atoms with van der Waals surface area (Å²) in [4.78, 5) is 0. The average molecular weight is 212 g/mol. The first-order valence-electron chi connectivity index (χ1n) is 6.62. The van der Waals surface area contributed by atoms with E-state index in [9.17, 15) is 0 Å². The van der Waals surface area contributed by atoms with Crippen LogP contribution in [-0.2, 0) is 0 Å². The molecule has 0 bridgehead atoms. The Hall–Kier alpha value is -0.0800. The normalized spacial score (nSPS) is 18.4. The van der Waals surface area contributed by atoms with Crippen molar-refractivity contribution in [1.82, 2.24) is 5.32 Å². The third-order valence-electron chi connectivity index (χ3n) is 3.25. The van der Waals surface area contributed by atoms with E-state index in [1.54, 1.807) is 0 Å². The Bertz CT molecular complexity index is 162. The van der Waals surface area contributed by atoms with E-state index < -0.39 is 0 Å². The van der Waals surface area contributed by atoms with E-state index in [-0.39, 0.29) is 5.54 Å². The molecule has 0 saturated heterocycles. The molecule has 15 heavy (non-hydrogen) atoms. The van der Waals surface area contributed by atoms with Crippen molar-refractivity contribution >= 4 is 0 Å². The van der Waals surface area contributed by atoms with Crippen LogP contribution in [0, 0.1) is 5.92 Å². The van der Waals surface area contributed by atoms with Crippen molar-refractivity contribution < 1.29 is 0 Å².